The fraction of sp³-hybridized carbons (Fsp3) is 1.00. The van der Waals surface area contributed by atoms with Crippen molar-refractivity contribution in [3.8, 4) is 0 Å². The molecule has 0 aromatic rings. The van der Waals surface area contributed by atoms with Crippen LogP contribution in [0.25, 0.3) is 0 Å². The van der Waals surface area contributed by atoms with Crippen molar-refractivity contribution in [3.05, 3.63) is 0 Å². The van der Waals surface area contributed by atoms with E-state index < -0.39 is 0 Å². The lowest BCUT2D eigenvalue weighted by Crippen LogP contribution is -2.62. The van der Waals surface area contributed by atoms with Crippen molar-refractivity contribution in [2.45, 2.75) is 168 Å². The summed E-state index contributed by atoms with van der Waals surface area (Å²) >= 11 is 0. The molecule has 10 atom stereocenters. The van der Waals surface area contributed by atoms with Gasteiger partial charge in [-0.1, -0.05) is 66.7 Å². The van der Waals surface area contributed by atoms with Gasteiger partial charge in [-0.15, -0.1) is 0 Å². The van der Waals surface area contributed by atoms with Crippen LogP contribution in [-0.2, 0) is 9.47 Å². The lowest BCUT2D eigenvalue weighted by atomic mass is 9.44. The molecule has 0 bridgehead atoms. The van der Waals surface area contributed by atoms with E-state index in [0.717, 1.165) is 41.4 Å². The Hall–Kier alpha value is -0.0800. The van der Waals surface area contributed by atoms with Crippen molar-refractivity contribution in [2.75, 3.05) is 0 Å². The first kappa shape index (κ1) is 26.8. The second kappa shape index (κ2) is 9.47. The summed E-state index contributed by atoms with van der Waals surface area (Å²) in [6.45, 7) is 12.9. The molecule has 6 aliphatic carbocycles. The maximum Gasteiger partial charge on any atom is 0.169 e. The number of fused-ring (bicyclic) bond motifs is 5. The van der Waals surface area contributed by atoms with E-state index in [0.29, 0.717) is 28.5 Å². The van der Waals surface area contributed by atoms with Crippen molar-refractivity contribution < 1.29 is 9.47 Å². The summed E-state index contributed by atoms with van der Waals surface area (Å²) in [5.41, 5.74) is 1.52. The molecule has 216 valence electrons. The minimum Gasteiger partial charge on any atom is -0.346 e. The molecule has 38 heavy (non-hydrogen) atoms. The van der Waals surface area contributed by atoms with Crippen LogP contribution in [-0.4, -0.2) is 18.0 Å². The van der Waals surface area contributed by atoms with Gasteiger partial charge in [-0.05, 0) is 123 Å². The molecule has 7 fully saturated rings. The second-order valence-electron chi connectivity index (χ2n) is 17.0. The third-order valence-corrected chi connectivity index (χ3v) is 15.1. The zero-order chi connectivity index (χ0) is 26.3. The number of ether oxygens (including phenoxy) is 2. The van der Waals surface area contributed by atoms with Crippen LogP contribution in [0.5, 0.6) is 0 Å². The van der Waals surface area contributed by atoms with Gasteiger partial charge in [0.1, 0.15) is 0 Å². The normalized spacial score (nSPS) is 54.3. The van der Waals surface area contributed by atoms with Crippen molar-refractivity contribution in [1.82, 2.24) is 0 Å². The van der Waals surface area contributed by atoms with Gasteiger partial charge >= 0.3 is 0 Å². The molecule has 7 rings (SSSR count). The van der Waals surface area contributed by atoms with Crippen LogP contribution in [0.3, 0.4) is 0 Å². The minimum absolute atomic E-state index is 0.239. The largest absolute Gasteiger partial charge is 0.346 e. The van der Waals surface area contributed by atoms with Gasteiger partial charge in [0.2, 0.25) is 0 Å². The molecule has 6 saturated carbocycles. The SMILES string of the molecule is CC(C)CCC[C@@H](C)[C@H]1CC[C@H]2[C@@H]3CC[C@H]4CC5(CC[C@]4(C)[C@H]3CC[C@]12C)O[C@@H]1CCCC12CCC[C@H]2O5. The van der Waals surface area contributed by atoms with Gasteiger partial charge in [0.25, 0.3) is 0 Å². The molecule has 2 spiro atoms. The highest BCUT2D eigenvalue weighted by molar-refractivity contribution is 5.12. The molecule has 0 radical (unpaired) electrons. The molecule has 7 aliphatic rings. The molecular weight excluding hydrogens is 464 g/mol. The highest BCUT2D eigenvalue weighted by Gasteiger charge is 2.65. The van der Waals surface area contributed by atoms with Gasteiger partial charge in [-0.25, -0.2) is 0 Å². The molecule has 0 N–H and O–H groups in total. The molecule has 2 nitrogen and oxygen atoms in total. The Balaban J connectivity index is 1.05. The molecule has 0 aromatic heterocycles. The lowest BCUT2D eigenvalue weighted by molar-refractivity contribution is -0.373. The molecule has 0 aromatic carbocycles. The summed E-state index contributed by atoms with van der Waals surface area (Å²) in [6, 6.07) is 0. The zero-order valence-electron chi connectivity index (χ0n) is 25.7. The molecule has 0 unspecified atom stereocenters. The average Bonchev–Trinajstić information content (AvgIpc) is 3.58. The van der Waals surface area contributed by atoms with E-state index >= 15 is 0 Å². The summed E-state index contributed by atoms with van der Waals surface area (Å²) in [5, 5.41) is 0. The van der Waals surface area contributed by atoms with Crippen LogP contribution in [0.2, 0.25) is 0 Å². The number of hydrogen-bond donors (Lipinski definition) is 0. The van der Waals surface area contributed by atoms with Crippen LogP contribution in [0.15, 0.2) is 0 Å². The minimum atomic E-state index is -0.239. The van der Waals surface area contributed by atoms with Crippen LogP contribution in [0.4, 0.5) is 0 Å². The standard InChI is InChI=1S/C36H60O2/c1-24(2)9-6-10-25(3)28-15-16-29-27-14-13-26-23-36(22-21-33(26,4)30(27)17-20-34(28,29)5)37-31-11-7-18-35(31)19-8-12-32(35)38-36/h24-32H,6-23H2,1-5H3/t25-,26+,27+,28-,29+,30+,31-,32-,33+,34-,35?/m1/s1. The lowest BCUT2D eigenvalue weighted by Gasteiger charge is -2.64. The van der Waals surface area contributed by atoms with E-state index in [1.54, 1.807) is 0 Å². The van der Waals surface area contributed by atoms with Gasteiger partial charge in [0, 0.05) is 18.3 Å². The summed E-state index contributed by atoms with van der Waals surface area (Å²) in [7, 11) is 0. The van der Waals surface area contributed by atoms with E-state index in [1.165, 1.54) is 116 Å². The van der Waals surface area contributed by atoms with Crippen LogP contribution >= 0.6 is 0 Å². The number of hydrogen-bond acceptors (Lipinski definition) is 2. The van der Waals surface area contributed by atoms with Gasteiger partial charge in [-0.3, -0.25) is 0 Å². The predicted molar refractivity (Wildman–Crippen MR) is 156 cm³/mol. The topological polar surface area (TPSA) is 18.5 Å². The van der Waals surface area contributed by atoms with E-state index in [-0.39, 0.29) is 5.79 Å². The Morgan fingerprint density at radius 2 is 1.39 bits per heavy atom. The third-order valence-electron chi connectivity index (χ3n) is 15.1. The third kappa shape index (κ3) is 3.90. The first-order chi connectivity index (χ1) is 18.2. The van der Waals surface area contributed by atoms with E-state index in [9.17, 15) is 0 Å². The zero-order valence-corrected chi connectivity index (χ0v) is 25.7. The summed E-state index contributed by atoms with van der Waals surface area (Å²) in [6.07, 6.45) is 26.1. The van der Waals surface area contributed by atoms with Gasteiger partial charge in [0.15, 0.2) is 5.79 Å². The Kier molecular flexibility index (Phi) is 6.68. The maximum absolute atomic E-state index is 7.12. The van der Waals surface area contributed by atoms with Crippen molar-refractivity contribution in [2.24, 2.45) is 57.7 Å². The first-order valence-electron chi connectivity index (χ1n) is 17.5. The monoisotopic (exact) mass is 524 g/mol. The van der Waals surface area contributed by atoms with E-state index in [1.807, 2.05) is 0 Å². The molecule has 1 aliphatic heterocycles. The fourth-order valence-corrected chi connectivity index (χ4v) is 13.1. The quantitative estimate of drug-likeness (QED) is 0.356. The van der Waals surface area contributed by atoms with Gasteiger partial charge in [0.05, 0.1) is 12.2 Å². The Morgan fingerprint density at radius 1 is 0.684 bits per heavy atom. The Morgan fingerprint density at radius 3 is 2.11 bits per heavy atom. The first-order valence-corrected chi connectivity index (χ1v) is 17.5. The second-order valence-corrected chi connectivity index (χ2v) is 17.0. The van der Waals surface area contributed by atoms with Crippen molar-refractivity contribution >= 4 is 0 Å². The summed E-state index contributed by atoms with van der Waals surface area (Å²) in [4.78, 5) is 0. The molecule has 0 amide bonds. The highest BCUT2D eigenvalue weighted by atomic mass is 16.7. The molecule has 1 saturated heterocycles. The Labute approximate surface area is 235 Å². The number of rotatable bonds is 5. The Bertz CT molecular complexity index is 857. The van der Waals surface area contributed by atoms with Gasteiger partial charge in [-0.2, -0.15) is 0 Å². The van der Waals surface area contributed by atoms with Crippen molar-refractivity contribution in [3.63, 3.8) is 0 Å². The van der Waals surface area contributed by atoms with Crippen LogP contribution < -0.4 is 0 Å². The molecule has 2 heteroatoms. The van der Waals surface area contributed by atoms with Crippen LogP contribution in [0, 0.1) is 57.7 Å². The predicted octanol–water partition coefficient (Wildman–Crippen LogP) is 9.94. The highest BCUT2D eigenvalue weighted by Crippen LogP contribution is 2.70. The van der Waals surface area contributed by atoms with E-state index in [4.69, 9.17) is 9.47 Å². The van der Waals surface area contributed by atoms with E-state index in [2.05, 4.69) is 34.6 Å². The fourth-order valence-electron chi connectivity index (χ4n) is 13.1. The average molecular weight is 525 g/mol. The van der Waals surface area contributed by atoms with Crippen molar-refractivity contribution in [1.29, 1.82) is 0 Å². The summed E-state index contributed by atoms with van der Waals surface area (Å²) in [5.74, 6) is 6.26. The smallest absolute Gasteiger partial charge is 0.169 e. The summed E-state index contributed by atoms with van der Waals surface area (Å²) < 4.78 is 14.2. The molecular formula is C36H60O2. The van der Waals surface area contributed by atoms with Gasteiger partial charge < -0.3 is 9.47 Å². The maximum atomic E-state index is 7.12. The van der Waals surface area contributed by atoms with Crippen LogP contribution in [0.1, 0.15) is 150 Å². The molecule has 1 heterocycles.